The van der Waals surface area contributed by atoms with E-state index >= 15 is 0 Å². The second-order valence-electron chi connectivity index (χ2n) is 4.33. The Morgan fingerprint density at radius 3 is 2.70 bits per heavy atom. The topological polar surface area (TPSA) is 68.3 Å². The largest absolute Gasteiger partial charge is 0.456 e. The summed E-state index contributed by atoms with van der Waals surface area (Å²) in [5.41, 5.74) is 7.96. The number of hydrogen-bond acceptors (Lipinski definition) is 4. The van der Waals surface area contributed by atoms with Crippen LogP contribution in [0.2, 0.25) is 0 Å². The van der Waals surface area contributed by atoms with E-state index in [2.05, 4.69) is 6.07 Å². The normalized spacial score (nSPS) is 10.1. The Morgan fingerprint density at radius 2 is 2.00 bits per heavy atom. The average Bonchev–Trinajstić information content (AvgIpc) is 2.48. The fourth-order valence-corrected chi connectivity index (χ4v) is 1.87. The van der Waals surface area contributed by atoms with Gasteiger partial charge in [0.25, 0.3) is 0 Å². The maximum absolute atomic E-state index is 9.16. The van der Waals surface area contributed by atoms with E-state index in [1.807, 2.05) is 30.3 Å². The predicted octanol–water partition coefficient (Wildman–Crippen LogP) is 2.96. The minimum atomic E-state index is 0.401. The molecule has 0 heterocycles. The number of nitriles is 1. The maximum Gasteiger partial charge on any atom is 0.145 e. The lowest BCUT2D eigenvalue weighted by Crippen LogP contribution is -1.98. The van der Waals surface area contributed by atoms with Crippen molar-refractivity contribution in [3.63, 3.8) is 0 Å². The molecule has 2 aromatic carbocycles. The van der Waals surface area contributed by atoms with Crippen molar-refractivity contribution in [1.82, 2.24) is 0 Å². The highest BCUT2D eigenvalue weighted by atomic mass is 16.5. The number of benzene rings is 2. The van der Waals surface area contributed by atoms with Gasteiger partial charge in [0.2, 0.25) is 0 Å². The molecule has 0 amide bonds. The van der Waals surface area contributed by atoms with Gasteiger partial charge in [0, 0.05) is 13.7 Å². The van der Waals surface area contributed by atoms with Crippen LogP contribution in [0, 0.1) is 11.3 Å². The molecular formula is C16H16N2O2. The van der Waals surface area contributed by atoms with Crippen molar-refractivity contribution in [1.29, 1.82) is 5.26 Å². The van der Waals surface area contributed by atoms with Crippen LogP contribution in [0.3, 0.4) is 0 Å². The van der Waals surface area contributed by atoms with Crippen molar-refractivity contribution in [3.8, 4) is 17.6 Å². The zero-order chi connectivity index (χ0) is 14.4. The highest BCUT2D eigenvalue weighted by Gasteiger charge is 2.06. The summed E-state index contributed by atoms with van der Waals surface area (Å²) in [7, 11) is 1.65. The number of ether oxygens (including phenoxy) is 2. The van der Waals surface area contributed by atoms with E-state index in [1.165, 1.54) is 0 Å². The Bertz CT molecular complexity index is 633. The van der Waals surface area contributed by atoms with Crippen molar-refractivity contribution < 1.29 is 9.47 Å². The summed E-state index contributed by atoms with van der Waals surface area (Å²) in [6.07, 6.45) is 0. The smallest absolute Gasteiger partial charge is 0.145 e. The van der Waals surface area contributed by atoms with Crippen LogP contribution in [0.1, 0.15) is 16.7 Å². The molecule has 0 aromatic heterocycles. The predicted molar refractivity (Wildman–Crippen MR) is 76.3 cm³/mol. The molecule has 4 heteroatoms. The van der Waals surface area contributed by atoms with Crippen molar-refractivity contribution in [3.05, 3.63) is 59.2 Å². The van der Waals surface area contributed by atoms with Gasteiger partial charge in [-0.2, -0.15) is 5.26 Å². The molecule has 0 bridgehead atoms. The van der Waals surface area contributed by atoms with Gasteiger partial charge in [-0.25, -0.2) is 0 Å². The molecule has 0 aliphatic rings. The van der Waals surface area contributed by atoms with Crippen LogP contribution < -0.4 is 10.5 Å². The minimum absolute atomic E-state index is 0.401. The molecule has 0 aliphatic heterocycles. The molecule has 0 aliphatic carbocycles. The number of rotatable bonds is 5. The first kappa shape index (κ1) is 14.1. The monoisotopic (exact) mass is 268 g/mol. The van der Waals surface area contributed by atoms with Crippen molar-refractivity contribution in [2.24, 2.45) is 5.73 Å². The molecule has 2 N–H and O–H groups in total. The summed E-state index contributed by atoms with van der Waals surface area (Å²) in [6.45, 7) is 0.923. The SMILES string of the molecule is COCc1cccc(Oc2ccc(CN)cc2C#N)c1. The zero-order valence-electron chi connectivity index (χ0n) is 11.3. The molecule has 0 saturated heterocycles. The number of nitrogens with two attached hydrogens (primary N) is 1. The van der Waals surface area contributed by atoms with E-state index in [9.17, 15) is 0 Å². The fraction of sp³-hybridized carbons (Fsp3) is 0.188. The minimum Gasteiger partial charge on any atom is -0.456 e. The van der Waals surface area contributed by atoms with Crippen LogP contribution in [-0.2, 0) is 17.9 Å². The molecule has 0 fully saturated rings. The molecule has 0 saturated carbocycles. The molecule has 4 nitrogen and oxygen atoms in total. The van der Waals surface area contributed by atoms with Crippen molar-refractivity contribution in [2.75, 3.05) is 7.11 Å². The van der Waals surface area contributed by atoms with E-state index in [0.29, 0.717) is 30.2 Å². The Hall–Kier alpha value is -2.35. The van der Waals surface area contributed by atoms with Gasteiger partial charge >= 0.3 is 0 Å². The summed E-state index contributed by atoms with van der Waals surface area (Å²) in [5.74, 6) is 1.20. The van der Waals surface area contributed by atoms with Crippen LogP contribution >= 0.6 is 0 Å². The first-order chi connectivity index (χ1) is 9.76. The van der Waals surface area contributed by atoms with Crippen molar-refractivity contribution >= 4 is 0 Å². The summed E-state index contributed by atoms with van der Waals surface area (Å²) >= 11 is 0. The standard InChI is InChI=1S/C16H16N2O2/c1-19-11-13-3-2-4-15(8-13)20-16-6-5-12(9-17)7-14(16)10-18/h2-8H,9,11,17H2,1H3. The van der Waals surface area contributed by atoms with Gasteiger partial charge in [-0.3, -0.25) is 0 Å². The molecular weight excluding hydrogens is 252 g/mol. The second-order valence-corrected chi connectivity index (χ2v) is 4.33. The summed E-state index contributed by atoms with van der Waals surface area (Å²) in [5, 5.41) is 9.16. The summed E-state index contributed by atoms with van der Waals surface area (Å²) in [6, 6.07) is 15.1. The quantitative estimate of drug-likeness (QED) is 0.905. The molecule has 102 valence electrons. The Kier molecular flexibility index (Phi) is 4.72. The van der Waals surface area contributed by atoms with Gasteiger partial charge in [-0.1, -0.05) is 18.2 Å². The zero-order valence-corrected chi connectivity index (χ0v) is 11.3. The second kappa shape index (κ2) is 6.71. The maximum atomic E-state index is 9.16. The van der Waals surface area contributed by atoms with Gasteiger partial charge in [0.05, 0.1) is 12.2 Å². The van der Waals surface area contributed by atoms with Crippen LogP contribution in [-0.4, -0.2) is 7.11 Å². The van der Waals surface area contributed by atoms with Gasteiger partial charge < -0.3 is 15.2 Å². The molecule has 0 radical (unpaired) electrons. The van der Waals surface area contributed by atoms with E-state index in [1.54, 1.807) is 19.2 Å². The van der Waals surface area contributed by atoms with Crippen molar-refractivity contribution in [2.45, 2.75) is 13.2 Å². The van der Waals surface area contributed by atoms with Gasteiger partial charge in [0.15, 0.2) is 0 Å². The van der Waals surface area contributed by atoms with E-state index < -0.39 is 0 Å². The van der Waals surface area contributed by atoms with Gasteiger partial charge in [-0.15, -0.1) is 0 Å². The fourth-order valence-electron chi connectivity index (χ4n) is 1.87. The molecule has 0 atom stereocenters. The lowest BCUT2D eigenvalue weighted by atomic mass is 10.1. The van der Waals surface area contributed by atoms with Crippen LogP contribution in [0.15, 0.2) is 42.5 Å². The lowest BCUT2D eigenvalue weighted by Gasteiger charge is -2.09. The third kappa shape index (κ3) is 3.35. The van der Waals surface area contributed by atoms with Crippen LogP contribution in [0.5, 0.6) is 11.5 Å². The van der Waals surface area contributed by atoms with E-state index in [-0.39, 0.29) is 0 Å². The van der Waals surface area contributed by atoms with Crippen LogP contribution in [0.25, 0.3) is 0 Å². The van der Waals surface area contributed by atoms with Gasteiger partial charge in [-0.05, 0) is 35.4 Å². The molecule has 2 rings (SSSR count). The summed E-state index contributed by atoms with van der Waals surface area (Å²) < 4.78 is 10.9. The summed E-state index contributed by atoms with van der Waals surface area (Å²) in [4.78, 5) is 0. The number of methoxy groups -OCH3 is 1. The van der Waals surface area contributed by atoms with Crippen LogP contribution in [0.4, 0.5) is 0 Å². The number of hydrogen-bond donors (Lipinski definition) is 1. The number of nitrogens with zero attached hydrogens (tertiary/aromatic N) is 1. The first-order valence-corrected chi connectivity index (χ1v) is 6.25. The molecule has 2 aromatic rings. The third-order valence-electron chi connectivity index (χ3n) is 2.84. The molecule has 20 heavy (non-hydrogen) atoms. The molecule has 0 unspecified atom stereocenters. The van der Waals surface area contributed by atoms with Gasteiger partial charge in [0.1, 0.15) is 17.6 Å². The highest BCUT2D eigenvalue weighted by Crippen LogP contribution is 2.26. The Balaban J connectivity index is 2.25. The highest BCUT2D eigenvalue weighted by molar-refractivity contribution is 5.47. The Morgan fingerprint density at radius 1 is 1.15 bits per heavy atom. The third-order valence-corrected chi connectivity index (χ3v) is 2.84. The Labute approximate surface area is 118 Å². The first-order valence-electron chi connectivity index (χ1n) is 6.25. The lowest BCUT2D eigenvalue weighted by molar-refractivity contribution is 0.184. The average molecular weight is 268 g/mol. The van der Waals surface area contributed by atoms with E-state index in [4.69, 9.17) is 20.5 Å². The van der Waals surface area contributed by atoms with E-state index in [0.717, 1.165) is 11.1 Å². The molecule has 0 spiro atoms.